The van der Waals surface area contributed by atoms with Crippen LogP contribution in [0.25, 0.3) is 0 Å². The molecule has 1 amide bonds. The predicted molar refractivity (Wildman–Crippen MR) is 103 cm³/mol. The zero-order chi connectivity index (χ0) is 18.8. The van der Waals surface area contributed by atoms with Crippen molar-refractivity contribution in [2.75, 3.05) is 26.2 Å². The normalized spacial score (nSPS) is 30.5. The molecule has 3 fully saturated rings. The molecule has 2 unspecified atom stereocenters. The third kappa shape index (κ3) is 4.60. The monoisotopic (exact) mass is 385 g/mol. The first kappa shape index (κ1) is 20.1. The number of sulfonamides is 1. The van der Waals surface area contributed by atoms with Crippen molar-refractivity contribution in [3.05, 3.63) is 0 Å². The summed E-state index contributed by atoms with van der Waals surface area (Å²) in [5.74, 6) is 0.300. The summed E-state index contributed by atoms with van der Waals surface area (Å²) in [5.41, 5.74) is 0.0950. The Morgan fingerprint density at radius 2 is 1.88 bits per heavy atom. The van der Waals surface area contributed by atoms with Crippen LogP contribution in [-0.2, 0) is 14.8 Å². The Balaban J connectivity index is 1.57. The fourth-order valence-electron chi connectivity index (χ4n) is 4.76. The van der Waals surface area contributed by atoms with Gasteiger partial charge in [0.1, 0.15) is 0 Å². The zero-order valence-electron chi connectivity index (χ0n) is 16.3. The maximum Gasteiger partial charge on any atom is 0.225 e. The first-order valence-corrected chi connectivity index (χ1v) is 11.8. The number of nitrogens with zero attached hydrogens (tertiary/aromatic N) is 1. The van der Waals surface area contributed by atoms with Gasteiger partial charge in [0.15, 0.2) is 0 Å². The molecule has 0 aromatic heterocycles. The molecule has 150 valence electrons. The number of amides is 1. The zero-order valence-corrected chi connectivity index (χ0v) is 17.1. The molecule has 0 spiro atoms. The minimum atomic E-state index is -3.41. The van der Waals surface area contributed by atoms with Crippen LogP contribution in [0.2, 0.25) is 0 Å². The summed E-state index contributed by atoms with van der Waals surface area (Å²) in [6.07, 6.45) is 7.84. The lowest BCUT2D eigenvalue weighted by atomic mass is 9.78. The van der Waals surface area contributed by atoms with Gasteiger partial charge < -0.3 is 10.2 Å². The summed E-state index contributed by atoms with van der Waals surface area (Å²) < 4.78 is 28.6. The van der Waals surface area contributed by atoms with Gasteiger partial charge >= 0.3 is 0 Å². The maximum atomic E-state index is 12.9. The number of rotatable bonds is 5. The highest BCUT2D eigenvalue weighted by Crippen LogP contribution is 2.30. The molecule has 0 aromatic carbocycles. The molecule has 3 aliphatic rings. The number of carbonyl (C=O) groups excluding carboxylic acids is 1. The second-order valence-corrected chi connectivity index (χ2v) is 11.1. The Labute approximate surface area is 158 Å². The summed E-state index contributed by atoms with van der Waals surface area (Å²) in [5, 5.41) is 2.98. The third-order valence-corrected chi connectivity index (χ3v) is 8.49. The second-order valence-electron chi connectivity index (χ2n) is 9.02. The van der Waals surface area contributed by atoms with Gasteiger partial charge in [0, 0.05) is 31.6 Å². The van der Waals surface area contributed by atoms with Crippen LogP contribution in [0.15, 0.2) is 0 Å². The highest BCUT2D eigenvalue weighted by molar-refractivity contribution is 7.90. The fraction of sp³-hybridized carbons (Fsp3) is 0.947. The first-order valence-electron chi connectivity index (χ1n) is 10.3. The van der Waals surface area contributed by atoms with Crippen molar-refractivity contribution in [3.63, 3.8) is 0 Å². The Morgan fingerprint density at radius 1 is 1.15 bits per heavy atom. The maximum absolute atomic E-state index is 12.9. The molecule has 2 aliphatic heterocycles. The van der Waals surface area contributed by atoms with Gasteiger partial charge in [-0.1, -0.05) is 26.7 Å². The summed E-state index contributed by atoms with van der Waals surface area (Å²) in [4.78, 5) is 14.5. The van der Waals surface area contributed by atoms with E-state index in [9.17, 15) is 13.2 Å². The Morgan fingerprint density at radius 3 is 2.58 bits per heavy atom. The van der Waals surface area contributed by atoms with Crippen LogP contribution in [0, 0.1) is 11.3 Å². The standard InChI is InChI=1S/C19H35N3O3S/c1-19(2)10-6-11-20-17(19)13-21-26(24,25)16-9-5-12-22(14-16)18(23)15-7-3-4-8-15/h15-17,20-21H,3-14H2,1-2H3. The van der Waals surface area contributed by atoms with Gasteiger partial charge in [-0.15, -0.1) is 0 Å². The Hall–Kier alpha value is -0.660. The van der Waals surface area contributed by atoms with E-state index in [2.05, 4.69) is 23.9 Å². The van der Waals surface area contributed by atoms with E-state index in [-0.39, 0.29) is 23.3 Å². The van der Waals surface area contributed by atoms with Crippen molar-refractivity contribution in [1.29, 1.82) is 0 Å². The van der Waals surface area contributed by atoms with E-state index in [0.29, 0.717) is 26.1 Å². The molecule has 1 saturated carbocycles. The number of piperidine rings is 2. The van der Waals surface area contributed by atoms with Crippen LogP contribution >= 0.6 is 0 Å². The molecule has 26 heavy (non-hydrogen) atoms. The van der Waals surface area contributed by atoms with Crippen LogP contribution in [0.4, 0.5) is 0 Å². The average molecular weight is 386 g/mol. The number of carbonyl (C=O) groups is 1. The molecule has 6 nitrogen and oxygen atoms in total. The average Bonchev–Trinajstić information content (AvgIpc) is 3.14. The molecule has 2 N–H and O–H groups in total. The van der Waals surface area contributed by atoms with Crippen molar-refractivity contribution in [2.24, 2.45) is 11.3 Å². The molecule has 2 heterocycles. The van der Waals surface area contributed by atoms with Crippen LogP contribution < -0.4 is 10.0 Å². The summed E-state index contributed by atoms with van der Waals surface area (Å²) >= 11 is 0. The largest absolute Gasteiger partial charge is 0.341 e. The quantitative estimate of drug-likeness (QED) is 0.757. The smallest absolute Gasteiger partial charge is 0.225 e. The third-order valence-electron chi connectivity index (χ3n) is 6.65. The molecule has 7 heteroatoms. The highest BCUT2D eigenvalue weighted by atomic mass is 32.2. The summed E-state index contributed by atoms with van der Waals surface area (Å²) in [7, 11) is -3.41. The number of hydrogen-bond donors (Lipinski definition) is 2. The van der Waals surface area contributed by atoms with E-state index < -0.39 is 15.3 Å². The SMILES string of the molecule is CC1(C)CCCNC1CNS(=O)(=O)C1CCCN(C(=O)C2CCCC2)C1. The predicted octanol–water partition coefficient (Wildman–Crippen LogP) is 1.87. The second kappa shape index (κ2) is 8.15. The van der Waals surface area contributed by atoms with Crippen molar-refractivity contribution < 1.29 is 13.2 Å². The fourth-order valence-corrected chi connectivity index (χ4v) is 6.25. The van der Waals surface area contributed by atoms with Crippen LogP contribution in [0.5, 0.6) is 0 Å². The van der Waals surface area contributed by atoms with Gasteiger partial charge in [0.05, 0.1) is 5.25 Å². The van der Waals surface area contributed by atoms with Gasteiger partial charge in [-0.2, -0.15) is 0 Å². The van der Waals surface area contributed by atoms with E-state index in [1.807, 2.05) is 4.90 Å². The molecule has 1 aliphatic carbocycles. The van der Waals surface area contributed by atoms with Gasteiger partial charge in [0.25, 0.3) is 0 Å². The molecule has 0 aromatic rings. The minimum absolute atomic E-state index is 0.0950. The van der Waals surface area contributed by atoms with E-state index in [4.69, 9.17) is 0 Å². The van der Waals surface area contributed by atoms with Gasteiger partial charge in [-0.05, 0) is 50.5 Å². The number of likely N-dealkylation sites (tertiary alicyclic amines) is 1. The van der Waals surface area contributed by atoms with E-state index >= 15 is 0 Å². The van der Waals surface area contributed by atoms with Gasteiger partial charge in [0.2, 0.25) is 15.9 Å². The Kier molecular flexibility index (Phi) is 6.29. The summed E-state index contributed by atoms with van der Waals surface area (Å²) in [6, 6.07) is 0.158. The van der Waals surface area contributed by atoms with Crippen molar-refractivity contribution >= 4 is 15.9 Å². The first-order chi connectivity index (χ1) is 12.3. The van der Waals surface area contributed by atoms with E-state index in [0.717, 1.165) is 51.5 Å². The lowest BCUT2D eigenvalue weighted by Crippen LogP contribution is -2.55. The molecule has 2 atom stereocenters. The molecule has 0 bridgehead atoms. The molecule has 3 rings (SSSR count). The van der Waals surface area contributed by atoms with Crippen molar-refractivity contribution in [2.45, 2.75) is 76.5 Å². The van der Waals surface area contributed by atoms with Crippen LogP contribution in [0.1, 0.15) is 65.2 Å². The number of hydrogen-bond acceptors (Lipinski definition) is 4. The van der Waals surface area contributed by atoms with Crippen molar-refractivity contribution in [1.82, 2.24) is 14.9 Å². The van der Waals surface area contributed by atoms with Crippen LogP contribution in [-0.4, -0.2) is 56.7 Å². The van der Waals surface area contributed by atoms with E-state index in [1.165, 1.54) is 0 Å². The van der Waals surface area contributed by atoms with Gasteiger partial charge in [-0.3, -0.25) is 4.79 Å². The minimum Gasteiger partial charge on any atom is -0.341 e. The topological polar surface area (TPSA) is 78.5 Å². The molecule has 0 radical (unpaired) electrons. The Bertz CT molecular complexity index is 599. The summed E-state index contributed by atoms with van der Waals surface area (Å²) in [6.45, 7) is 6.83. The molecular formula is C19H35N3O3S. The lowest BCUT2D eigenvalue weighted by molar-refractivity contribution is -0.136. The molecular weight excluding hydrogens is 350 g/mol. The van der Waals surface area contributed by atoms with Gasteiger partial charge in [-0.25, -0.2) is 13.1 Å². The lowest BCUT2D eigenvalue weighted by Gasteiger charge is -2.40. The van der Waals surface area contributed by atoms with E-state index in [1.54, 1.807) is 0 Å². The number of nitrogens with one attached hydrogen (secondary N) is 2. The van der Waals surface area contributed by atoms with Crippen molar-refractivity contribution in [3.8, 4) is 0 Å². The highest BCUT2D eigenvalue weighted by Gasteiger charge is 2.37. The van der Waals surface area contributed by atoms with Crippen LogP contribution in [0.3, 0.4) is 0 Å². The molecule has 2 saturated heterocycles.